The van der Waals surface area contributed by atoms with Crippen molar-refractivity contribution in [1.82, 2.24) is 15.1 Å². The maximum atomic E-state index is 12.9. The van der Waals surface area contributed by atoms with E-state index in [9.17, 15) is 4.39 Å². The van der Waals surface area contributed by atoms with Crippen LogP contribution in [0.2, 0.25) is 0 Å². The normalized spacial score (nSPS) is 12.6. The zero-order chi connectivity index (χ0) is 14.5. The minimum atomic E-state index is -0.197. The van der Waals surface area contributed by atoms with Gasteiger partial charge in [0.1, 0.15) is 5.82 Å². The Bertz CT molecular complexity index is 545. The molecule has 0 saturated heterocycles. The van der Waals surface area contributed by atoms with Crippen molar-refractivity contribution < 1.29 is 4.39 Å². The van der Waals surface area contributed by atoms with Gasteiger partial charge in [-0.25, -0.2) is 4.39 Å². The number of nitrogens with zero attached hydrogens (tertiary/aromatic N) is 2. The van der Waals surface area contributed by atoms with E-state index in [1.54, 1.807) is 0 Å². The maximum absolute atomic E-state index is 12.9. The molecular weight excluding hydrogens is 253 g/mol. The molecule has 0 saturated carbocycles. The Balaban J connectivity index is 2.00. The Labute approximate surface area is 119 Å². The fraction of sp³-hybridized carbons (Fsp3) is 0.438. The molecule has 1 atom stereocenters. The molecule has 20 heavy (non-hydrogen) atoms. The van der Waals surface area contributed by atoms with Crippen molar-refractivity contribution in [3.8, 4) is 0 Å². The minimum absolute atomic E-state index is 0.181. The van der Waals surface area contributed by atoms with Crippen molar-refractivity contribution in [3.63, 3.8) is 0 Å². The fourth-order valence-corrected chi connectivity index (χ4v) is 2.23. The summed E-state index contributed by atoms with van der Waals surface area (Å²) in [5.41, 5.74) is 3.40. The number of halogens is 1. The van der Waals surface area contributed by atoms with Crippen LogP contribution >= 0.6 is 0 Å². The second-order valence-corrected chi connectivity index (χ2v) is 4.95. The summed E-state index contributed by atoms with van der Waals surface area (Å²) in [5, 5.41) is 8.00. The molecule has 2 aromatic rings. The highest BCUT2D eigenvalue weighted by atomic mass is 19.1. The van der Waals surface area contributed by atoms with Gasteiger partial charge in [0.15, 0.2) is 0 Å². The molecule has 0 bridgehead atoms. The molecule has 0 amide bonds. The van der Waals surface area contributed by atoms with Crippen LogP contribution in [0.3, 0.4) is 0 Å². The summed E-state index contributed by atoms with van der Waals surface area (Å²) in [6.45, 7) is 7.93. The molecule has 0 unspecified atom stereocenters. The lowest BCUT2D eigenvalue weighted by molar-refractivity contribution is 0.529. The number of benzene rings is 1. The van der Waals surface area contributed by atoms with Crippen molar-refractivity contribution in [2.45, 2.75) is 46.3 Å². The van der Waals surface area contributed by atoms with E-state index in [0.717, 1.165) is 30.8 Å². The van der Waals surface area contributed by atoms with Crippen molar-refractivity contribution in [2.75, 3.05) is 0 Å². The van der Waals surface area contributed by atoms with E-state index in [2.05, 4.69) is 37.3 Å². The van der Waals surface area contributed by atoms with Gasteiger partial charge in [0.2, 0.25) is 0 Å². The monoisotopic (exact) mass is 275 g/mol. The highest BCUT2D eigenvalue weighted by Crippen LogP contribution is 2.14. The Hall–Kier alpha value is -1.68. The van der Waals surface area contributed by atoms with Crippen LogP contribution in [0.15, 0.2) is 30.3 Å². The second-order valence-electron chi connectivity index (χ2n) is 4.95. The summed E-state index contributed by atoms with van der Waals surface area (Å²) in [5.74, 6) is -0.197. The molecule has 0 radical (unpaired) electrons. The van der Waals surface area contributed by atoms with Gasteiger partial charge < -0.3 is 5.32 Å². The number of hydrogen-bond acceptors (Lipinski definition) is 2. The average Bonchev–Trinajstić information content (AvgIpc) is 2.88. The van der Waals surface area contributed by atoms with Gasteiger partial charge in [0, 0.05) is 19.1 Å². The topological polar surface area (TPSA) is 29.9 Å². The molecule has 0 aliphatic heterocycles. The highest BCUT2D eigenvalue weighted by Gasteiger charge is 2.09. The van der Waals surface area contributed by atoms with Crippen LogP contribution in [-0.4, -0.2) is 9.78 Å². The predicted octanol–water partition coefficient (Wildman–Crippen LogP) is 3.46. The molecule has 0 aliphatic rings. The van der Waals surface area contributed by atoms with Gasteiger partial charge >= 0.3 is 0 Å². The van der Waals surface area contributed by atoms with Gasteiger partial charge in [-0.1, -0.05) is 19.1 Å². The zero-order valence-corrected chi connectivity index (χ0v) is 12.4. The highest BCUT2D eigenvalue weighted by molar-refractivity contribution is 5.19. The van der Waals surface area contributed by atoms with E-state index in [-0.39, 0.29) is 11.9 Å². The van der Waals surface area contributed by atoms with Crippen molar-refractivity contribution >= 4 is 0 Å². The van der Waals surface area contributed by atoms with E-state index >= 15 is 0 Å². The van der Waals surface area contributed by atoms with Crippen LogP contribution in [0, 0.1) is 5.82 Å². The Kier molecular flexibility index (Phi) is 4.90. The second kappa shape index (κ2) is 6.66. The van der Waals surface area contributed by atoms with Gasteiger partial charge in [-0.05, 0) is 44.0 Å². The molecule has 4 heteroatoms. The minimum Gasteiger partial charge on any atom is -0.305 e. The lowest BCUT2D eigenvalue weighted by Gasteiger charge is -2.14. The number of aromatic nitrogens is 2. The van der Waals surface area contributed by atoms with Gasteiger partial charge in [0.25, 0.3) is 0 Å². The first-order chi connectivity index (χ1) is 9.63. The van der Waals surface area contributed by atoms with Crippen molar-refractivity contribution in [1.29, 1.82) is 0 Å². The SMILES string of the molecule is CCc1cc(CN[C@@H](C)c2ccc(F)cc2)n(CC)n1. The lowest BCUT2D eigenvalue weighted by atomic mass is 10.1. The third kappa shape index (κ3) is 3.45. The van der Waals surface area contributed by atoms with E-state index in [1.165, 1.54) is 17.8 Å². The molecular formula is C16H22FN3. The molecule has 1 N–H and O–H groups in total. The number of nitrogens with one attached hydrogen (secondary N) is 1. The first kappa shape index (κ1) is 14.7. The van der Waals surface area contributed by atoms with Gasteiger partial charge in [-0.15, -0.1) is 0 Å². The third-order valence-electron chi connectivity index (χ3n) is 3.54. The standard InChI is InChI=1S/C16H22FN3/c1-4-15-10-16(20(5-2)19-15)11-18-12(3)13-6-8-14(17)9-7-13/h6-10,12,18H,4-5,11H2,1-3H3/t12-/m0/s1. The number of hydrogen-bond donors (Lipinski definition) is 1. The molecule has 0 spiro atoms. The van der Waals surface area contributed by atoms with Crippen molar-refractivity contribution in [2.24, 2.45) is 0 Å². The van der Waals surface area contributed by atoms with E-state index < -0.39 is 0 Å². The van der Waals surface area contributed by atoms with Crippen molar-refractivity contribution in [3.05, 3.63) is 53.1 Å². The third-order valence-corrected chi connectivity index (χ3v) is 3.54. The number of rotatable bonds is 6. The summed E-state index contributed by atoms with van der Waals surface area (Å²) in [6.07, 6.45) is 0.952. The van der Waals surface area contributed by atoms with E-state index in [4.69, 9.17) is 0 Å². The first-order valence-corrected chi connectivity index (χ1v) is 7.18. The predicted molar refractivity (Wildman–Crippen MR) is 78.9 cm³/mol. The number of aryl methyl sites for hydroxylation is 2. The summed E-state index contributed by atoms with van der Waals surface area (Å²) in [4.78, 5) is 0. The van der Waals surface area contributed by atoms with Crippen LogP contribution in [0.5, 0.6) is 0 Å². The Morgan fingerprint density at radius 2 is 1.95 bits per heavy atom. The molecule has 0 aliphatic carbocycles. The molecule has 1 heterocycles. The summed E-state index contributed by atoms with van der Waals surface area (Å²) < 4.78 is 14.9. The zero-order valence-electron chi connectivity index (χ0n) is 12.4. The molecule has 1 aromatic carbocycles. The van der Waals surface area contributed by atoms with Crippen LogP contribution in [0.4, 0.5) is 4.39 Å². The smallest absolute Gasteiger partial charge is 0.123 e. The van der Waals surface area contributed by atoms with E-state index in [1.807, 2.05) is 16.8 Å². The van der Waals surface area contributed by atoms with E-state index in [0.29, 0.717) is 0 Å². The Morgan fingerprint density at radius 1 is 1.25 bits per heavy atom. The molecule has 1 aromatic heterocycles. The van der Waals surface area contributed by atoms with Gasteiger partial charge in [0.05, 0.1) is 11.4 Å². The first-order valence-electron chi connectivity index (χ1n) is 7.18. The maximum Gasteiger partial charge on any atom is 0.123 e. The fourth-order valence-electron chi connectivity index (χ4n) is 2.23. The van der Waals surface area contributed by atoms with Gasteiger partial charge in [-0.2, -0.15) is 5.10 Å². The van der Waals surface area contributed by atoms with Gasteiger partial charge in [-0.3, -0.25) is 4.68 Å². The molecule has 0 fully saturated rings. The molecule has 108 valence electrons. The average molecular weight is 275 g/mol. The Morgan fingerprint density at radius 3 is 2.55 bits per heavy atom. The molecule has 3 nitrogen and oxygen atoms in total. The largest absolute Gasteiger partial charge is 0.305 e. The summed E-state index contributed by atoms with van der Waals surface area (Å²) >= 11 is 0. The van der Waals surface area contributed by atoms with Crippen LogP contribution in [0.1, 0.15) is 43.8 Å². The summed E-state index contributed by atoms with van der Waals surface area (Å²) in [6, 6.07) is 8.97. The van der Waals surface area contributed by atoms with Crippen LogP contribution in [-0.2, 0) is 19.5 Å². The van der Waals surface area contributed by atoms with Crippen LogP contribution in [0.25, 0.3) is 0 Å². The summed E-state index contributed by atoms with van der Waals surface area (Å²) in [7, 11) is 0. The quantitative estimate of drug-likeness (QED) is 0.875. The molecule has 2 rings (SSSR count). The lowest BCUT2D eigenvalue weighted by Crippen LogP contribution is -2.20. The van der Waals surface area contributed by atoms with Crippen LogP contribution < -0.4 is 5.32 Å².